The normalized spacial score (nSPS) is 14.1. The first kappa shape index (κ1) is 18.3. The molecule has 0 fully saturated rings. The largest absolute Gasteiger partial charge is 0.305 e. The van der Waals surface area contributed by atoms with E-state index in [1.807, 2.05) is 0 Å². The molecule has 1 amide bonds. The fourth-order valence-corrected chi connectivity index (χ4v) is 4.75. The summed E-state index contributed by atoms with van der Waals surface area (Å²) in [5.41, 5.74) is 2.20. The van der Waals surface area contributed by atoms with E-state index in [1.54, 1.807) is 31.2 Å². The Labute approximate surface area is 161 Å². The molecule has 1 aliphatic heterocycles. The molecule has 2 heterocycles. The number of fused-ring (bicyclic) bond motifs is 1. The highest BCUT2D eigenvalue weighted by Gasteiger charge is 2.34. The number of hydrogen-bond donors (Lipinski definition) is 2. The number of anilines is 1. The number of nitrogens with zero attached hydrogens (tertiary/aromatic N) is 2. The Kier molecular flexibility index (Phi) is 4.48. The van der Waals surface area contributed by atoms with Crippen LogP contribution in [-0.4, -0.2) is 28.8 Å². The summed E-state index contributed by atoms with van der Waals surface area (Å²) in [4.78, 5) is 12.6. The lowest BCUT2D eigenvalue weighted by Crippen LogP contribution is -2.27. The molecule has 1 aromatic heterocycles. The Morgan fingerprint density at radius 3 is 2.57 bits per heavy atom. The summed E-state index contributed by atoms with van der Waals surface area (Å²) in [5.74, 6) is -0.615. The highest BCUT2D eigenvalue weighted by Crippen LogP contribution is 2.32. The number of sulfonamides is 1. The number of carbonyl (C=O) groups is 1. The second-order valence-electron chi connectivity index (χ2n) is 6.53. The van der Waals surface area contributed by atoms with Crippen LogP contribution in [0.1, 0.15) is 27.2 Å². The van der Waals surface area contributed by atoms with Crippen molar-refractivity contribution in [2.24, 2.45) is 0 Å². The van der Waals surface area contributed by atoms with Gasteiger partial charge in [-0.15, -0.1) is 0 Å². The number of aromatic nitrogens is 2. The van der Waals surface area contributed by atoms with Gasteiger partial charge in [0.25, 0.3) is 5.91 Å². The van der Waals surface area contributed by atoms with Crippen molar-refractivity contribution in [3.8, 4) is 0 Å². The molecular formula is C19H17FN4O3S. The molecule has 2 N–H and O–H groups in total. The molecule has 0 radical (unpaired) electrons. The average Bonchev–Trinajstić information content (AvgIpc) is 3.25. The molecule has 2 aromatic carbocycles. The minimum absolute atomic E-state index is 0.0987. The Morgan fingerprint density at radius 2 is 1.86 bits per heavy atom. The van der Waals surface area contributed by atoms with E-state index in [0.717, 1.165) is 0 Å². The van der Waals surface area contributed by atoms with E-state index in [-0.39, 0.29) is 29.4 Å². The molecule has 0 bridgehead atoms. The van der Waals surface area contributed by atoms with Gasteiger partial charge in [0.15, 0.2) is 5.82 Å². The molecule has 3 aromatic rings. The first-order chi connectivity index (χ1) is 13.4. The highest BCUT2D eigenvalue weighted by molar-refractivity contribution is 7.89. The zero-order valence-corrected chi connectivity index (χ0v) is 15.8. The number of aromatic amines is 1. The number of hydrogen-bond acceptors (Lipinski definition) is 4. The zero-order valence-electron chi connectivity index (χ0n) is 14.9. The van der Waals surface area contributed by atoms with E-state index < -0.39 is 21.7 Å². The first-order valence-electron chi connectivity index (χ1n) is 8.55. The smallest absolute Gasteiger partial charge is 0.256 e. The Balaban J connectivity index is 1.56. The van der Waals surface area contributed by atoms with Crippen LogP contribution in [-0.2, 0) is 23.1 Å². The van der Waals surface area contributed by atoms with Gasteiger partial charge in [-0.3, -0.25) is 9.89 Å². The summed E-state index contributed by atoms with van der Waals surface area (Å²) >= 11 is 0. The standard InChI is InChI=1S/C19H17FN4O3S/c1-12-4-2-3-5-17(12)28(26,27)24-10-15-16(11-24)22-23-18(15)21-19(25)13-6-8-14(20)9-7-13/h2-9H,10-11H2,1H3,(H2,21,22,23,25). The minimum Gasteiger partial charge on any atom is -0.305 e. The summed E-state index contributed by atoms with van der Waals surface area (Å²) in [6.45, 7) is 1.99. The lowest BCUT2D eigenvalue weighted by atomic mass is 10.2. The van der Waals surface area contributed by atoms with Gasteiger partial charge >= 0.3 is 0 Å². The van der Waals surface area contributed by atoms with E-state index in [4.69, 9.17) is 0 Å². The van der Waals surface area contributed by atoms with Crippen molar-refractivity contribution >= 4 is 21.7 Å². The fraction of sp³-hybridized carbons (Fsp3) is 0.158. The van der Waals surface area contributed by atoms with Gasteiger partial charge in [0.2, 0.25) is 10.0 Å². The number of carbonyl (C=O) groups excluding carboxylic acids is 1. The molecule has 0 aliphatic carbocycles. The van der Waals surface area contributed by atoms with Gasteiger partial charge in [0, 0.05) is 17.7 Å². The number of H-pyrrole nitrogens is 1. The van der Waals surface area contributed by atoms with E-state index in [0.29, 0.717) is 16.8 Å². The van der Waals surface area contributed by atoms with Crippen LogP contribution >= 0.6 is 0 Å². The van der Waals surface area contributed by atoms with Gasteiger partial charge in [-0.1, -0.05) is 18.2 Å². The summed E-state index contributed by atoms with van der Waals surface area (Å²) < 4.78 is 40.3. The molecule has 144 valence electrons. The minimum atomic E-state index is -3.68. The molecule has 1 aliphatic rings. The van der Waals surface area contributed by atoms with Gasteiger partial charge in [0.05, 0.1) is 17.1 Å². The SMILES string of the molecule is Cc1ccccc1S(=O)(=O)N1Cc2[nH]nc(NC(=O)c3ccc(F)cc3)c2C1. The fourth-order valence-electron chi connectivity index (χ4n) is 3.15. The second-order valence-corrected chi connectivity index (χ2v) is 8.44. The van der Waals surface area contributed by atoms with E-state index in [2.05, 4.69) is 15.5 Å². The van der Waals surface area contributed by atoms with Crippen molar-refractivity contribution in [2.45, 2.75) is 24.9 Å². The molecule has 28 heavy (non-hydrogen) atoms. The predicted octanol–water partition coefficient (Wildman–Crippen LogP) is 2.81. The van der Waals surface area contributed by atoms with Crippen molar-refractivity contribution in [1.29, 1.82) is 0 Å². The number of benzene rings is 2. The van der Waals surface area contributed by atoms with E-state index in [1.165, 1.54) is 28.6 Å². The third-order valence-electron chi connectivity index (χ3n) is 4.67. The van der Waals surface area contributed by atoms with Crippen LogP contribution in [0, 0.1) is 12.7 Å². The molecule has 0 unspecified atom stereocenters. The molecule has 0 spiro atoms. The Bertz CT molecular complexity index is 1160. The quantitative estimate of drug-likeness (QED) is 0.704. The maximum Gasteiger partial charge on any atom is 0.256 e. The first-order valence-corrected chi connectivity index (χ1v) is 9.99. The van der Waals surface area contributed by atoms with Crippen molar-refractivity contribution in [1.82, 2.24) is 14.5 Å². The molecular weight excluding hydrogens is 383 g/mol. The number of nitrogens with one attached hydrogen (secondary N) is 2. The van der Waals surface area contributed by atoms with Gasteiger partial charge in [-0.05, 0) is 42.8 Å². The monoisotopic (exact) mass is 400 g/mol. The molecule has 4 rings (SSSR count). The van der Waals surface area contributed by atoms with Crippen LogP contribution < -0.4 is 5.32 Å². The Morgan fingerprint density at radius 1 is 1.14 bits per heavy atom. The molecule has 9 heteroatoms. The lowest BCUT2D eigenvalue weighted by Gasteiger charge is -2.17. The van der Waals surface area contributed by atoms with Crippen molar-refractivity contribution in [2.75, 3.05) is 5.32 Å². The number of halogens is 1. The molecule has 0 saturated heterocycles. The van der Waals surface area contributed by atoms with Gasteiger partial charge in [-0.25, -0.2) is 12.8 Å². The van der Waals surface area contributed by atoms with Crippen LogP contribution in [0.2, 0.25) is 0 Å². The maximum absolute atomic E-state index is 13.0. The third-order valence-corrected chi connectivity index (χ3v) is 6.62. The Hall–Kier alpha value is -3.04. The summed E-state index contributed by atoms with van der Waals surface area (Å²) in [6.07, 6.45) is 0. The summed E-state index contributed by atoms with van der Waals surface area (Å²) in [5, 5.41) is 9.52. The number of amides is 1. The lowest BCUT2D eigenvalue weighted by molar-refractivity contribution is 0.102. The van der Waals surface area contributed by atoms with Crippen LogP contribution in [0.4, 0.5) is 10.2 Å². The highest BCUT2D eigenvalue weighted by atomic mass is 32.2. The third kappa shape index (κ3) is 3.19. The van der Waals surface area contributed by atoms with Crippen molar-refractivity contribution in [3.63, 3.8) is 0 Å². The van der Waals surface area contributed by atoms with Crippen LogP contribution in [0.15, 0.2) is 53.4 Å². The van der Waals surface area contributed by atoms with Crippen LogP contribution in [0.25, 0.3) is 0 Å². The average molecular weight is 400 g/mol. The molecule has 7 nitrogen and oxygen atoms in total. The zero-order chi connectivity index (χ0) is 19.9. The molecule has 0 saturated carbocycles. The van der Waals surface area contributed by atoms with Crippen LogP contribution in [0.3, 0.4) is 0 Å². The van der Waals surface area contributed by atoms with Gasteiger partial charge < -0.3 is 5.32 Å². The van der Waals surface area contributed by atoms with E-state index in [9.17, 15) is 17.6 Å². The summed E-state index contributed by atoms with van der Waals surface area (Å²) in [7, 11) is -3.68. The number of aryl methyl sites for hydroxylation is 1. The summed E-state index contributed by atoms with van der Waals surface area (Å²) in [6, 6.07) is 11.9. The van der Waals surface area contributed by atoms with Crippen molar-refractivity contribution < 1.29 is 17.6 Å². The second kappa shape index (κ2) is 6.84. The maximum atomic E-state index is 13.0. The van der Waals surface area contributed by atoms with Gasteiger partial charge in [-0.2, -0.15) is 9.40 Å². The molecule has 0 atom stereocenters. The number of rotatable bonds is 4. The topological polar surface area (TPSA) is 95.2 Å². The van der Waals surface area contributed by atoms with Crippen LogP contribution in [0.5, 0.6) is 0 Å². The predicted molar refractivity (Wildman–Crippen MR) is 101 cm³/mol. The van der Waals surface area contributed by atoms with Crippen molar-refractivity contribution in [3.05, 3.63) is 76.7 Å². The van der Waals surface area contributed by atoms with Gasteiger partial charge in [0.1, 0.15) is 5.82 Å². The van der Waals surface area contributed by atoms with E-state index >= 15 is 0 Å².